The van der Waals surface area contributed by atoms with Gasteiger partial charge in [0.05, 0.1) is 0 Å². The molecule has 0 fully saturated rings. The lowest BCUT2D eigenvalue weighted by molar-refractivity contribution is 0.0634. The standard InChI is InChI=1S/C9H12IN3O2/c1-9(2,3)15-8(14)13-7-11-4-6(10)5-12-7/h4-5H,1-3H3,(H,11,12,13,14). The van der Waals surface area contributed by atoms with Crippen LogP contribution in [0.4, 0.5) is 10.7 Å². The zero-order valence-electron chi connectivity index (χ0n) is 8.74. The number of hydrogen-bond donors (Lipinski definition) is 1. The molecule has 0 aliphatic heterocycles. The number of nitrogens with zero attached hydrogens (tertiary/aromatic N) is 2. The van der Waals surface area contributed by atoms with Gasteiger partial charge in [-0.2, -0.15) is 0 Å². The zero-order valence-corrected chi connectivity index (χ0v) is 10.9. The lowest BCUT2D eigenvalue weighted by Gasteiger charge is -2.19. The van der Waals surface area contributed by atoms with Crippen molar-refractivity contribution >= 4 is 34.6 Å². The third-order valence-electron chi connectivity index (χ3n) is 1.23. The van der Waals surface area contributed by atoms with Gasteiger partial charge in [-0.05, 0) is 43.4 Å². The van der Waals surface area contributed by atoms with Gasteiger partial charge >= 0.3 is 6.09 Å². The molecule has 0 saturated carbocycles. The molecule has 0 aliphatic rings. The predicted octanol–water partition coefficient (Wildman–Crippen LogP) is 2.43. The summed E-state index contributed by atoms with van der Waals surface area (Å²) >= 11 is 2.08. The first-order valence-corrected chi connectivity index (χ1v) is 5.42. The smallest absolute Gasteiger partial charge is 0.414 e. The van der Waals surface area contributed by atoms with Gasteiger partial charge in [-0.1, -0.05) is 0 Å². The molecule has 0 unspecified atom stereocenters. The molecule has 0 spiro atoms. The quantitative estimate of drug-likeness (QED) is 0.807. The van der Waals surface area contributed by atoms with Crippen molar-refractivity contribution in [1.82, 2.24) is 9.97 Å². The second-order valence-electron chi connectivity index (χ2n) is 3.85. The maximum atomic E-state index is 11.3. The van der Waals surface area contributed by atoms with Gasteiger partial charge in [0.25, 0.3) is 0 Å². The first kappa shape index (κ1) is 12.2. The number of ether oxygens (including phenoxy) is 1. The van der Waals surface area contributed by atoms with Crippen LogP contribution in [0.3, 0.4) is 0 Å². The Balaban J connectivity index is 2.55. The molecule has 1 heterocycles. The van der Waals surface area contributed by atoms with Gasteiger partial charge in [0.15, 0.2) is 0 Å². The number of hydrogen-bond acceptors (Lipinski definition) is 4. The fourth-order valence-corrected chi connectivity index (χ4v) is 1.05. The van der Waals surface area contributed by atoms with E-state index in [1.54, 1.807) is 33.2 Å². The number of nitrogens with one attached hydrogen (secondary N) is 1. The number of rotatable bonds is 1. The van der Waals surface area contributed by atoms with Gasteiger partial charge in [-0.3, -0.25) is 5.32 Å². The van der Waals surface area contributed by atoms with Crippen LogP contribution in [-0.2, 0) is 4.74 Å². The minimum absolute atomic E-state index is 0.240. The molecule has 82 valence electrons. The molecule has 1 aromatic heterocycles. The van der Waals surface area contributed by atoms with Gasteiger partial charge in [0.1, 0.15) is 5.60 Å². The summed E-state index contributed by atoms with van der Waals surface area (Å²) < 4.78 is 5.94. The Bertz CT molecular complexity index is 345. The average molecular weight is 321 g/mol. The Morgan fingerprint density at radius 2 is 1.93 bits per heavy atom. The van der Waals surface area contributed by atoms with E-state index >= 15 is 0 Å². The molecule has 0 bridgehead atoms. The molecule has 15 heavy (non-hydrogen) atoms. The third-order valence-corrected chi connectivity index (χ3v) is 1.79. The minimum Gasteiger partial charge on any atom is -0.444 e. The molecular formula is C9H12IN3O2. The third kappa shape index (κ3) is 4.91. The molecule has 1 rings (SSSR count). The Hall–Kier alpha value is -0.920. The number of aromatic nitrogens is 2. The largest absolute Gasteiger partial charge is 0.444 e. The van der Waals surface area contributed by atoms with Crippen LogP contribution in [-0.4, -0.2) is 21.7 Å². The van der Waals surface area contributed by atoms with Crippen molar-refractivity contribution in [3.05, 3.63) is 16.0 Å². The molecule has 1 aromatic rings. The Labute approximate surface area is 102 Å². The first-order valence-electron chi connectivity index (χ1n) is 4.34. The number of halogens is 1. The molecule has 0 aromatic carbocycles. The lowest BCUT2D eigenvalue weighted by Crippen LogP contribution is -2.27. The van der Waals surface area contributed by atoms with E-state index in [0.29, 0.717) is 0 Å². The van der Waals surface area contributed by atoms with E-state index < -0.39 is 11.7 Å². The molecule has 0 radical (unpaired) electrons. The van der Waals surface area contributed by atoms with E-state index in [2.05, 4.69) is 37.9 Å². The van der Waals surface area contributed by atoms with E-state index in [1.807, 2.05) is 0 Å². The second-order valence-corrected chi connectivity index (χ2v) is 5.10. The number of anilines is 1. The van der Waals surface area contributed by atoms with Crippen molar-refractivity contribution in [2.24, 2.45) is 0 Å². The van der Waals surface area contributed by atoms with Crippen LogP contribution in [0.1, 0.15) is 20.8 Å². The molecule has 0 atom stereocenters. The molecule has 1 amide bonds. The van der Waals surface area contributed by atoms with Crippen molar-refractivity contribution in [3.8, 4) is 0 Å². The van der Waals surface area contributed by atoms with E-state index in [4.69, 9.17) is 4.74 Å². The van der Waals surface area contributed by atoms with Crippen LogP contribution < -0.4 is 5.32 Å². The normalized spacial score (nSPS) is 10.9. The molecular weight excluding hydrogens is 309 g/mol. The summed E-state index contributed by atoms with van der Waals surface area (Å²) in [5.74, 6) is 0.240. The van der Waals surface area contributed by atoms with Crippen LogP contribution >= 0.6 is 22.6 Å². The van der Waals surface area contributed by atoms with Gasteiger partial charge in [0.2, 0.25) is 5.95 Å². The molecule has 6 heteroatoms. The van der Waals surface area contributed by atoms with Crippen LogP contribution in [0.25, 0.3) is 0 Å². The van der Waals surface area contributed by atoms with E-state index in [9.17, 15) is 4.79 Å². The highest BCUT2D eigenvalue weighted by atomic mass is 127. The first-order chi connectivity index (χ1) is 6.87. The maximum absolute atomic E-state index is 11.3. The van der Waals surface area contributed by atoms with Crippen LogP contribution in [0.15, 0.2) is 12.4 Å². The Kier molecular flexibility index (Phi) is 3.83. The second kappa shape index (κ2) is 4.73. The topological polar surface area (TPSA) is 64.1 Å². The summed E-state index contributed by atoms with van der Waals surface area (Å²) in [4.78, 5) is 19.1. The van der Waals surface area contributed by atoms with Gasteiger partial charge < -0.3 is 4.74 Å². The number of amides is 1. The van der Waals surface area contributed by atoms with Crippen LogP contribution in [0.5, 0.6) is 0 Å². The van der Waals surface area contributed by atoms with Crippen molar-refractivity contribution in [2.75, 3.05) is 5.32 Å². The summed E-state index contributed by atoms with van der Waals surface area (Å²) in [7, 11) is 0. The number of carbonyl (C=O) groups excluding carboxylic acids is 1. The van der Waals surface area contributed by atoms with Crippen molar-refractivity contribution in [3.63, 3.8) is 0 Å². The highest BCUT2D eigenvalue weighted by Gasteiger charge is 2.16. The van der Waals surface area contributed by atoms with Crippen LogP contribution in [0, 0.1) is 3.57 Å². The molecule has 5 nitrogen and oxygen atoms in total. The van der Waals surface area contributed by atoms with E-state index in [0.717, 1.165) is 3.57 Å². The molecule has 0 saturated heterocycles. The predicted molar refractivity (Wildman–Crippen MR) is 64.6 cm³/mol. The Morgan fingerprint density at radius 3 is 2.40 bits per heavy atom. The van der Waals surface area contributed by atoms with Gasteiger partial charge in [-0.15, -0.1) is 0 Å². The highest BCUT2D eigenvalue weighted by Crippen LogP contribution is 2.09. The summed E-state index contributed by atoms with van der Waals surface area (Å²) in [5.41, 5.74) is -0.521. The van der Waals surface area contributed by atoms with Gasteiger partial charge in [-0.25, -0.2) is 14.8 Å². The lowest BCUT2D eigenvalue weighted by atomic mass is 10.2. The Morgan fingerprint density at radius 1 is 1.40 bits per heavy atom. The van der Waals surface area contributed by atoms with Crippen molar-refractivity contribution in [1.29, 1.82) is 0 Å². The van der Waals surface area contributed by atoms with Crippen molar-refractivity contribution < 1.29 is 9.53 Å². The number of carbonyl (C=O) groups is 1. The van der Waals surface area contributed by atoms with E-state index in [1.165, 1.54) is 0 Å². The van der Waals surface area contributed by atoms with E-state index in [-0.39, 0.29) is 5.95 Å². The summed E-state index contributed by atoms with van der Waals surface area (Å²) in [6.45, 7) is 5.38. The summed E-state index contributed by atoms with van der Waals surface area (Å²) in [6.07, 6.45) is 2.67. The summed E-state index contributed by atoms with van der Waals surface area (Å²) in [6, 6.07) is 0. The van der Waals surface area contributed by atoms with Crippen LogP contribution in [0.2, 0.25) is 0 Å². The minimum atomic E-state index is -0.552. The molecule has 0 aliphatic carbocycles. The summed E-state index contributed by atoms with van der Waals surface area (Å²) in [5, 5.41) is 2.44. The average Bonchev–Trinajstić information content (AvgIpc) is 2.05. The molecule has 1 N–H and O–H groups in total. The monoisotopic (exact) mass is 321 g/mol. The highest BCUT2D eigenvalue weighted by molar-refractivity contribution is 14.1. The fraction of sp³-hybridized carbons (Fsp3) is 0.444. The SMILES string of the molecule is CC(C)(C)OC(=O)Nc1ncc(I)cn1. The van der Waals surface area contributed by atoms with Crippen molar-refractivity contribution in [2.45, 2.75) is 26.4 Å². The zero-order chi connectivity index (χ0) is 11.5. The maximum Gasteiger partial charge on any atom is 0.414 e. The fourth-order valence-electron chi connectivity index (χ4n) is 0.772. The van der Waals surface area contributed by atoms with Gasteiger partial charge in [0, 0.05) is 16.0 Å².